The summed E-state index contributed by atoms with van der Waals surface area (Å²) in [4.78, 5) is 25.9. The summed E-state index contributed by atoms with van der Waals surface area (Å²) in [5.74, 6) is 0.618. The van der Waals surface area contributed by atoms with Crippen LogP contribution in [0.25, 0.3) is 0 Å². The van der Waals surface area contributed by atoms with Gasteiger partial charge in [0, 0.05) is 26.1 Å². The summed E-state index contributed by atoms with van der Waals surface area (Å²) in [6.45, 7) is 2.69. The highest BCUT2D eigenvalue weighted by Gasteiger charge is 2.29. The topological polar surface area (TPSA) is 84.7 Å². The third kappa shape index (κ3) is 4.45. The van der Waals surface area contributed by atoms with E-state index < -0.39 is 0 Å². The standard InChI is InChI=1S/C17H25N3O3/c1-12(21)19-16(13-5-7-15(23-2)8-6-13)10-17(22)20-9-3-4-14(20)11-18/h5-8,14,16H,3-4,9-11,18H2,1-2H3,(H,19,21)/t14-,16-/m1/s1. The molecule has 0 bridgehead atoms. The Morgan fingerprint density at radius 3 is 2.65 bits per heavy atom. The maximum absolute atomic E-state index is 12.6. The molecule has 126 valence electrons. The van der Waals surface area contributed by atoms with Crippen molar-refractivity contribution in [3.8, 4) is 5.75 Å². The van der Waals surface area contributed by atoms with Crippen LogP contribution in [0.5, 0.6) is 5.75 Å². The molecule has 1 aromatic carbocycles. The highest BCUT2D eigenvalue weighted by atomic mass is 16.5. The van der Waals surface area contributed by atoms with Crippen LogP contribution in [-0.4, -0.2) is 43.0 Å². The van der Waals surface area contributed by atoms with Crippen molar-refractivity contribution in [2.45, 2.75) is 38.3 Å². The Labute approximate surface area is 137 Å². The molecule has 0 aromatic heterocycles. The molecule has 1 heterocycles. The van der Waals surface area contributed by atoms with E-state index in [9.17, 15) is 9.59 Å². The second kappa shape index (κ2) is 7.97. The van der Waals surface area contributed by atoms with Crippen LogP contribution in [0.2, 0.25) is 0 Å². The molecule has 1 fully saturated rings. The first kappa shape index (κ1) is 17.3. The number of carbonyl (C=O) groups is 2. The number of nitrogens with two attached hydrogens (primary N) is 1. The molecule has 0 unspecified atom stereocenters. The molecule has 3 N–H and O–H groups in total. The minimum atomic E-state index is -0.343. The monoisotopic (exact) mass is 319 g/mol. The zero-order chi connectivity index (χ0) is 16.8. The SMILES string of the molecule is COc1ccc([C@@H](CC(=O)N2CCC[C@@H]2CN)NC(C)=O)cc1. The molecule has 0 radical (unpaired) electrons. The number of hydrogen-bond donors (Lipinski definition) is 2. The Hall–Kier alpha value is -2.08. The predicted molar refractivity (Wildman–Crippen MR) is 88.0 cm³/mol. The van der Waals surface area contributed by atoms with Crippen molar-refractivity contribution in [2.75, 3.05) is 20.2 Å². The Bertz CT molecular complexity index is 545. The van der Waals surface area contributed by atoms with Gasteiger partial charge in [-0.1, -0.05) is 12.1 Å². The van der Waals surface area contributed by atoms with Crippen LogP contribution in [-0.2, 0) is 9.59 Å². The largest absolute Gasteiger partial charge is 0.497 e. The van der Waals surface area contributed by atoms with Crippen LogP contribution in [0.1, 0.15) is 37.8 Å². The molecule has 1 aromatic rings. The lowest BCUT2D eigenvalue weighted by molar-refractivity contribution is -0.132. The van der Waals surface area contributed by atoms with E-state index in [0.717, 1.165) is 30.7 Å². The van der Waals surface area contributed by atoms with E-state index in [-0.39, 0.29) is 30.3 Å². The minimum absolute atomic E-state index is 0.0347. The zero-order valence-electron chi connectivity index (χ0n) is 13.7. The van der Waals surface area contributed by atoms with Crippen molar-refractivity contribution < 1.29 is 14.3 Å². The van der Waals surface area contributed by atoms with Gasteiger partial charge in [0.1, 0.15) is 5.75 Å². The number of likely N-dealkylation sites (tertiary alicyclic amines) is 1. The van der Waals surface area contributed by atoms with Gasteiger partial charge in [0.15, 0.2) is 0 Å². The van der Waals surface area contributed by atoms with Gasteiger partial charge in [0.25, 0.3) is 0 Å². The Balaban J connectivity index is 2.11. The fourth-order valence-electron chi connectivity index (χ4n) is 3.03. The number of ether oxygens (including phenoxy) is 1. The third-order valence-electron chi connectivity index (χ3n) is 4.24. The lowest BCUT2D eigenvalue weighted by atomic mass is 10.0. The van der Waals surface area contributed by atoms with E-state index >= 15 is 0 Å². The molecule has 6 heteroatoms. The first-order valence-electron chi connectivity index (χ1n) is 7.95. The third-order valence-corrected chi connectivity index (χ3v) is 4.24. The van der Waals surface area contributed by atoms with Crippen molar-refractivity contribution in [1.82, 2.24) is 10.2 Å². The molecular formula is C17H25N3O3. The fourth-order valence-corrected chi connectivity index (χ4v) is 3.03. The number of amides is 2. The summed E-state index contributed by atoms with van der Waals surface area (Å²) in [5, 5.41) is 2.86. The smallest absolute Gasteiger partial charge is 0.225 e. The van der Waals surface area contributed by atoms with Gasteiger partial charge in [-0.2, -0.15) is 0 Å². The predicted octanol–water partition coefficient (Wildman–Crippen LogP) is 1.21. The summed E-state index contributed by atoms with van der Waals surface area (Å²) in [6.07, 6.45) is 2.18. The van der Waals surface area contributed by atoms with E-state index in [0.29, 0.717) is 6.54 Å². The summed E-state index contributed by atoms with van der Waals surface area (Å²) in [5.41, 5.74) is 6.63. The lowest BCUT2D eigenvalue weighted by Crippen LogP contribution is -2.41. The molecule has 1 aliphatic rings. The average molecular weight is 319 g/mol. The molecule has 2 amide bonds. The molecule has 23 heavy (non-hydrogen) atoms. The fraction of sp³-hybridized carbons (Fsp3) is 0.529. The summed E-state index contributed by atoms with van der Waals surface area (Å²) in [6, 6.07) is 7.18. The molecule has 0 spiro atoms. The quantitative estimate of drug-likeness (QED) is 0.825. The van der Waals surface area contributed by atoms with Crippen LogP contribution in [0, 0.1) is 0 Å². The van der Waals surface area contributed by atoms with Crippen LogP contribution >= 0.6 is 0 Å². The molecule has 2 rings (SSSR count). The molecule has 1 saturated heterocycles. The highest BCUT2D eigenvalue weighted by molar-refractivity contribution is 5.79. The second-order valence-electron chi connectivity index (χ2n) is 5.85. The summed E-state index contributed by atoms with van der Waals surface area (Å²) in [7, 11) is 1.60. The van der Waals surface area contributed by atoms with Crippen LogP contribution < -0.4 is 15.8 Å². The van der Waals surface area contributed by atoms with Gasteiger partial charge in [-0.3, -0.25) is 9.59 Å². The van der Waals surface area contributed by atoms with E-state index in [4.69, 9.17) is 10.5 Å². The number of methoxy groups -OCH3 is 1. The number of rotatable bonds is 6. The van der Waals surface area contributed by atoms with Gasteiger partial charge < -0.3 is 20.7 Å². The van der Waals surface area contributed by atoms with Gasteiger partial charge in [-0.05, 0) is 30.5 Å². The summed E-state index contributed by atoms with van der Waals surface area (Å²) >= 11 is 0. The van der Waals surface area contributed by atoms with E-state index in [2.05, 4.69) is 5.32 Å². The van der Waals surface area contributed by atoms with E-state index in [1.54, 1.807) is 7.11 Å². The number of hydrogen-bond acceptors (Lipinski definition) is 4. The van der Waals surface area contributed by atoms with Crippen molar-refractivity contribution in [3.05, 3.63) is 29.8 Å². The first-order valence-corrected chi connectivity index (χ1v) is 7.95. The number of nitrogens with zero attached hydrogens (tertiary/aromatic N) is 1. The van der Waals surface area contributed by atoms with Crippen LogP contribution in [0.3, 0.4) is 0 Å². The van der Waals surface area contributed by atoms with Crippen molar-refractivity contribution in [3.63, 3.8) is 0 Å². The summed E-state index contributed by atoms with van der Waals surface area (Å²) < 4.78 is 5.14. The number of nitrogens with one attached hydrogen (secondary N) is 1. The van der Waals surface area contributed by atoms with Crippen LogP contribution in [0.15, 0.2) is 24.3 Å². The molecular weight excluding hydrogens is 294 g/mol. The van der Waals surface area contributed by atoms with Crippen molar-refractivity contribution in [1.29, 1.82) is 0 Å². The van der Waals surface area contributed by atoms with E-state index in [1.807, 2.05) is 29.2 Å². The Morgan fingerprint density at radius 2 is 2.09 bits per heavy atom. The number of benzene rings is 1. The lowest BCUT2D eigenvalue weighted by Gasteiger charge is -2.26. The van der Waals surface area contributed by atoms with Crippen LogP contribution in [0.4, 0.5) is 0 Å². The second-order valence-corrected chi connectivity index (χ2v) is 5.85. The van der Waals surface area contributed by atoms with Gasteiger partial charge >= 0.3 is 0 Å². The normalized spacial score (nSPS) is 18.6. The van der Waals surface area contributed by atoms with Gasteiger partial charge in [-0.15, -0.1) is 0 Å². The molecule has 0 saturated carbocycles. The van der Waals surface area contributed by atoms with Crippen molar-refractivity contribution in [2.24, 2.45) is 5.73 Å². The Morgan fingerprint density at radius 1 is 1.39 bits per heavy atom. The van der Waals surface area contributed by atoms with Gasteiger partial charge in [0.2, 0.25) is 11.8 Å². The highest BCUT2D eigenvalue weighted by Crippen LogP contribution is 2.24. The molecule has 1 aliphatic heterocycles. The Kier molecular flexibility index (Phi) is 5.98. The molecule has 0 aliphatic carbocycles. The molecule has 6 nitrogen and oxygen atoms in total. The molecule has 2 atom stereocenters. The minimum Gasteiger partial charge on any atom is -0.497 e. The maximum atomic E-state index is 12.6. The average Bonchev–Trinajstić information content (AvgIpc) is 3.02. The van der Waals surface area contributed by atoms with Gasteiger partial charge in [-0.25, -0.2) is 0 Å². The van der Waals surface area contributed by atoms with E-state index in [1.165, 1.54) is 6.92 Å². The van der Waals surface area contributed by atoms with Gasteiger partial charge in [0.05, 0.1) is 19.6 Å². The zero-order valence-corrected chi connectivity index (χ0v) is 13.7. The first-order chi connectivity index (χ1) is 11.0. The number of carbonyl (C=O) groups excluding carboxylic acids is 2. The maximum Gasteiger partial charge on any atom is 0.225 e. The van der Waals surface area contributed by atoms with Crippen molar-refractivity contribution >= 4 is 11.8 Å².